The van der Waals surface area contributed by atoms with Gasteiger partial charge in [-0.15, -0.1) is 0 Å². The maximum Gasteiger partial charge on any atom is 0.225 e. The van der Waals surface area contributed by atoms with E-state index in [1.807, 2.05) is 11.0 Å². The van der Waals surface area contributed by atoms with Crippen LogP contribution in [-0.4, -0.2) is 66.0 Å². The van der Waals surface area contributed by atoms with Crippen molar-refractivity contribution in [3.05, 3.63) is 23.9 Å². The molecular formula is C19H27N5O. The summed E-state index contributed by atoms with van der Waals surface area (Å²) < 4.78 is 0. The number of pyridine rings is 1. The molecule has 0 spiro atoms. The highest BCUT2D eigenvalue weighted by Crippen LogP contribution is 2.24. The number of piperidine rings is 1. The van der Waals surface area contributed by atoms with Crippen LogP contribution in [0.5, 0.6) is 0 Å². The highest BCUT2D eigenvalue weighted by Gasteiger charge is 2.31. The van der Waals surface area contributed by atoms with Crippen LogP contribution in [0, 0.1) is 17.2 Å². The Bertz CT molecular complexity index is 637. The zero-order valence-electron chi connectivity index (χ0n) is 15.2. The van der Waals surface area contributed by atoms with Gasteiger partial charge in [0.25, 0.3) is 0 Å². The van der Waals surface area contributed by atoms with Crippen LogP contribution in [0.25, 0.3) is 0 Å². The number of hydrogen-bond acceptors (Lipinski definition) is 5. The molecule has 0 N–H and O–H groups in total. The monoisotopic (exact) mass is 341 g/mol. The molecule has 134 valence electrons. The minimum atomic E-state index is 0.126. The molecule has 1 aromatic heterocycles. The smallest absolute Gasteiger partial charge is 0.225 e. The lowest BCUT2D eigenvalue weighted by molar-refractivity contribution is -0.138. The van der Waals surface area contributed by atoms with Crippen LogP contribution in [0.4, 0.5) is 5.82 Å². The molecule has 2 aliphatic rings. The molecule has 6 nitrogen and oxygen atoms in total. The maximum atomic E-state index is 12.8. The van der Waals surface area contributed by atoms with Gasteiger partial charge >= 0.3 is 0 Å². The molecule has 0 saturated carbocycles. The third-order valence-corrected chi connectivity index (χ3v) is 5.40. The topological polar surface area (TPSA) is 63.5 Å². The predicted octanol–water partition coefficient (Wildman–Crippen LogP) is 1.72. The molecular weight excluding hydrogens is 314 g/mol. The Balaban J connectivity index is 1.52. The summed E-state index contributed by atoms with van der Waals surface area (Å²) in [5, 5.41) is 9.02. The Morgan fingerprint density at radius 1 is 1.20 bits per heavy atom. The first-order valence-corrected chi connectivity index (χ1v) is 9.22. The molecule has 0 atom stereocenters. The van der Waals surface area contributed by atoms with Crippen molar-refractivity contribution in [1.29, 1.82) is 5.26 Å². The first-order chi connectivity index (χ1) is 12.1. The van der Waals surface area contributed by atoms with Gasteiger partial charge in [0.1, 0.15) is 5.82 Å². The first-order valence-electron chi connectivity index (χ1n) is 9.22. The maximum absolute atomic E-state index is 12.8. The number of carbonyl (C=O) groups is 1. The second-order valence-electron chi connectivity index (χ2n) is 7.23. The van der Waals surface area contributed by atoms with E-state index in [1.54, 1.807) is 12.3 Å². The summed E-state index contributed by atoms with van der Waals surface area (Å²) in [4.78, 5) is 23.8. The van der Waals surface area contributed by atoms with Crippen molar-refractivity contribution in [2.45, 2.75) is 32.7 Å². The fraction of sp³-hybridized carbons (Fsp3) is 0.632. The number of nitriles is 1. The molecule has 6 heteroatoms. The zero-order chi connectivity index (χ0) is 17.8. The lowest BCUT2D eigenvalue weighted by Gasteiger charge is -2.40. The van der Waals surface area contributed by atoms with Gasteiger partial charge < -0.3 is 9.80 Å². The average molecular weight is 341 g/mol. The van der Waals surface area contributed by atoms with E-state index in [1.165, 1.54) is 0 Å². The van der Waals surface area contributed by atoms with Crippen LogP contribution in [-0.2, 0) is 4.79 Å². The van der Waals surface area contributed by atoms with E-state index < -0.39 is 0 Å². The van der Waals surface area contributed by atoms with Crippen molar-refractivity contribution >= 4 is 11.7 Å². The summed E-state index contributed by atoms with van der Waals surface area (Å²) in [6.07, 6.45) is 3.41. The summed E-state index contributed by atoms with van der Waals surface area (Å²) in [6, 6.07) is 6.25. The van der Waals surface area contributed by atoms with Crippen LogP contribution in [0.1, 0.15) is 32.3 Å². The molecule has 3 heterocycles. The molecule has 1 aromatic rings. The first kappa shape index (κ1) is 17.7. The Morgan fingerprint density at radius 3 is 2.48 bits per heavy atom. The number of nitrogens with zero attached hydrogens (tertiary/aromatic N) is 5. The van der Waals surface area contributed by atoms with Gasteiger partial charge in [-0.1, -0.05) is 0 Å². The third-order valence-electron chi connectivity index (χ3n) is 5.40. The summed E-state index contributed by atoms with van der Waals surface area (Å²) in [7, 11) is 0. The highest BCUT2D eigenvalue weighted by molar-refractivity contribution is 5.79. The highest BCUT2D eigenvalue weighted by atomic mass is 16.2. The third kappa shape index (κ3) is 4.10. The van der Waals surface area contributed by atoms with Crippen molar-refractivity contribution in [2.75, 3.05) is 44.2 Å². The molecule has 0 unspecified atom stereocenters. The largest absolute Gasteiger partial charge is 0.357 e. The zero-order valence-corrected chi connectivity index (χ0v) is 15.2. The Morgan fingerprint density at radius 2 is 1.88 bits per heavy atom. The van der Waals surface area contributed by atoms with Crippen LogP contribution < -0.4 is 4.90 Å². The fourth-order valence-corrected chi connectivity index (χ4v) is 3.73. The quantitative estimate of drug-likeness (QED) is 0.838. The predicted molar refractivity (Wildman–Crippen MR) is 97.2 cm³/mol. The number of carbonyl (C=O) groups excluding carboxylic acids is 1. The van der Waals surface area contributed by atoms with E-state index in [0.29, 0.717) is 17.5 Å². The number of piperazine rings is 1. The van der Waals surface area contributed by atoms with Crippen LogP contribution in [0.2, 0.25) is 0 Å². The minimum Gasteiger partial charge on any atom is -0.357 e. The molecule has 3 rings (SSSR count). The van der Waals surface area contributed by atoms with Gasteiger partial charge in [-0.25, -0.2) is 4.98 Å². The standard InChI is InChI=1S/C19H27N5O/c1-15(2)22-9-11-24(12-10-22)19(25)17-4-7-23(8-5-17)18-13-16(14-20)3-6-21-18/h3,6,13,15,17H,4-5,7-12H2,1-2H3. The van der Waals surface area contributed by atoms with Crippen LogP contribution in [0.3, 0.4) is 0 Å². The Kier molecular flexibility index (Phi) is 5.54. The molecule has 2 saturated heterocycles. The molecule has 25 heavy (non-hydrogen) atoms. The molecule has 0 aliphatic carbocycles. The normalized spacial score (nSPS) is 19.9. The number of amides is 1. The number of rotatable bonds is 3. The summed E-state index contributed by atoms with van der Waals surface area (Å²) in [6.45, 7) is 9.73. The van der Waals surface area contributed by atoms with Crippen LogP contribution in [0.15, 0.2) is 18.3 Å². The molecule has 1 amide bonds. The van der Waals surface area contributed by atoms with E-state index in [4.69, 9.17) is 5.26 Å². The van der Waals surface area contributed by atoms with Gasteiger partial charge in [0, 0.05) is 57.4 Å². The van der Waals surface area contributed by atoms with Gasteiger partial charge in [0.05, 0.1) is 11.6 Å². The Labute approximate surface area is 150 Å². The van der Waals surface area contributed by atoms with Crippen molar-refractivity contribution in [3.8, 4) is 6.07 Å². The van der Waals surface area contributed by atoms with Gasteiger partial charge in [-0.3, -0.25) is 9.69 Å². The van der Waals surface area contributed by atoms with E-state index in [9.17, 15) is 4.79 Å². The second-order valence-corrected chi connectivity index (χ2v) is 7.23. The second kappa shape index (κ2) is 7.83. The van der Waals surface area contributed by atoms with E-state index in [0.717, 1.165) is 57.9 Å². The van der Waals surface area contributed by atoms with Crippen molar-refractivity contribution in [3.63, 3.8) is 0 Å². The number of hydrogen-bond donors (Lipinski definition) is 0. The van der Waals surface area contributed by atoms with E-state index in [-0.39, 0.29) is 5.92 Å². The van der Waals surface area contributed by atoms with Crippen molar-refractivity contribution in [2.24, 2.45) is 5.92 Å². The molecule has 0 bridgehead atoms. The SMILES string of the molecule is CC(C)N1CCN(C(=O)C2CCN(c3cc(C#N)ccn3)CC2)CC1. The lowest BCUT2D eigenvalue weighted by Crippen LogP contribution is -2.53. The van der Waals surface area contributed by atoms with Gasteiger partial charge in [-0.2, -0.15) is 5.26 Å². The van der Waals surface area contributed by atoms with Gasteiger partial charge in [0.2, 0.25) is 5.91 Å². The summed E-state index contributed by atoms with van der Waals surface area (Å²) in [5.41, 5.74) is 0.631. The number of aromatic nitrogens is 1. The van der Waals surface area contributed by atoms with Crippen LogP contribution >= 0.6 is 0 Å². The number of anilines is 1. The lowest BCUT2D eigenvalue weighted by atomic mass is 9.95. The minimum absolute atomic E-state index is 0.126. The summed E-state index contributed by atoms with van der Waals surface area (Å²) in [5.74, 6) is 1.29. The molecule has 2 fully saturated rings. The molecule has 2 aliphatic heterocycles. The summed E-state index contributed by atoms with van der Waals surface area (Å²) >= 11 is 0. The van der Waals surface area contributed by atoms with E-state index in [2.05, 4.69) is 34.7 Å². The fourth-order valence-electron chi connectivity index (χ4n) is 3.73. The Hall–Kier alpha value is -2.13. The van der Waals surface area contributed by atoms with Crippen molar-refractivity contribution in [1.82, 2.24) is 14.8 Å². The molecule has 0 aromatic carbocycles. The van der Waals surface area contributed by atoms with E-state index >= 15 is 0 Å². The van der Waals surface area contributed by atoms with Gasteiger partial charge in [0.15, 0.2) is 0 Å². The molecule has 0 radical (unpaired) electrons. The average Bonchev–Trinajstić information content (AvgIpc) is 2.67. The van der Waals surface area contributed by atoms with Gasteiger partial charge in [-0.05, 0) is 38.8 Å². The van der Waals surface area contributed by atoms with Crippen molar-refractivity contribution < 1.29 is 4.79 Å².